The van der Waals surface area contributed by atoms with E-state index < -0.39 is 0 Å². The van der Waals surface area contributed by atoms with E-state index in [-0.39, 0.29) is 24.1 Å². The molecule has 6 nitrogen and oxygen atoms in total. The third-order valence-corrected chi connectivity index (χ3v) is 4.37. The van der Waals surface area contributed by atoms with Crippen molar-refractivity contribution in [3.8, 4) is 0 Å². The number of aliphatic hydroxyl groups excluding tert-OH is 1. The van der Waals surface area contributed by atoms with Gasteiger partial charge in [-0.15, -0.1) is 0 Å². The van der Waals surface area contributed by atoms with Crippen LogP contribution in [0.15, 0.2) is 29.1 Å². The van der Waals surface area contributed by atoms with Crippen molar-refractivity contribution in [2.75, 3.05) is 6.61 Å². The van der Waals surface area contributed by atoms with Gasteiger partial charge in [-0.1, -0.05) is 36.8 Å². The number of benzene rings is 1. The molecule has 0 amide bonds. The van der Waals surface area contributed by atoms with Gasteiger partial charge in [0, 0.05) is 5.92 Å². The predicted octanol–water partition coefficient (Wildman–Crippen LogP) is 2.44. The molecule has 0 bridgehead atoms. The third-order valence-electron chi connectivity index (χ3n) is 4.37. The standard InChI is InChI=1S/C18H22N4O2/c1-10-5-7-14(8-6-10)12(3)15-16-17(18(24)20-13(4)19-16)22(21-15)11(2)9-23/h5-8,11-12,23H,9H2,1-4H3,(H,19,20,24)/t11-,12+/m1/s1. The first kappa shape index (κ1) is 16.4. The summed E-state index contributed by atoms with van der Waals surface area (Å²) in [6.07, 6.45) is 0. The maximum Gasteiger partial charge on any atom is 0.277 e. The van der Waals surface area contributed by atoms with Crippen molar-refractivity contribution < 1.29 is 5.11 Å². The molecule has 0 spiro atoms. The lowest BCUT2D eigenvalue weighted by molar-refractivity contribution is 0.232. The Bertz CT molecular complexity index is 925. The topological polar surface area (TPSA) is 83.8 Å². The lowest BCUT2D eigenvalue weighted by Crippen LogP contribution is -2.18. The van der Waals surface area contributed by atoms with E-state index in [1.54, 1.807) is 11.6 Å². The summed E-state index contributed by atoms with van der Waals surface area (Å²) in [5.74, 6) is 0.551. The molecule has 0 fully saturated rings. The number of aliphatic hydroxyl groups is 1. The van der Waals surface area contributed by atoms with E-state index in [2.05, 4.69) is 46.3 Å². The minimum absolute atomic E-state index is 0.00561. The Morgan fingerprint density at radius 2 is 1.88 bits per heavy atom. The number of aromatic nitrogens is 4. The average Bonchev–Trinajstić information content (AvgIpc) is 2.93. The Hall–Kier alpha value is -2.47. The quantitative estimate of drug-likeness (QED) is 0.771. The summed E-state index contributed by atoms with van der Waals surface area (Å²) >= 11 is 0. The fourth-order valence-corrected chi connectivity index (χ4v) is 2.89. The van der Waals surface area contributed by atoms with Crippen LogP contribution in [-0.4, -0.2) is 31.5 Å². The van der Waals surface area contributed by atoms with Crippen molar-refractivity contribution >= 4 is 11.0 Å². The molecule has 0 saturated heterocycles. The van der Waals surface area contributed by atoms with Gasteiger partial charge in [0.25, 0.3) is 5.56 Å². The van der Waals surface area contributed by atoms with Crippen LogP contribution < -0.4 is 5.56 Å². The second kappa shape index (κ2) is 6.20. The molecular formula is C18H22N4O2. The highest BCUT2D eigenvalue weighted by molar-refractivity contribution is 5.78. The molecule has 2 aromatic heterocycles. The van der Waals surface area contributed by atoms with Crippen LogP contribution in [0.4, 0.5) is 0 Å². The van der Waals surface area contributed by atoms with Crippen LogP contribution in [0.3, 0.4) is 0 Å². The minimum atomic E-state index is -0.294. The second-order valence-electron chi connectivity index (χ2n) is 6.34. The highest BCUT2D eigenvalue weighted by Gasteiger charge is 2.23. The molecule has 0 aliphatic heterocycles. The minimum Gasteiger partial charge on any atom is -0.394 e. The Balaban J connectivity index is 2.24. The lowest BCUT2D eigenvalue weighted by Gasteiger charge is -2.11. The van der Waals surface area contributed by atoms with Gasteiger partial charge >= 0.3 is 0 Å². The summed E-state index contributed by atoms with van der Waals surface area (Å²) in [6, 6.07) is 7.97. The summed E-state index contributed by atoms with van der Waals surface area (Å²) in [6.45, 7) is 7.59. The summed E-state index contributed by atoms with van der Waals surface area (Å²) in [7, 11) is 0. The summed E-state index contributed by atoms with van der Waals surface area (Å²) in [5.41, 5.74) is 3.85. The normalized spacial score (nSPS) is 14.0. The number of hydrogen-bond acceptors (Lipinski definition) is 4. The van der Waals surface area contributed by atoms with E-state index in [9.17, 15) is 9.90 Å². The number of aryl methyl sites for hydroxylation is 2. The molecule has 0 radical (unpaired) electrons. The molecule has 2 N–H and O–H groups in total. The van der Waals surface area contributed by atoms with E-state index in [0.717, 1.165) is 11.3 Å². The molecule has 0 aliphatic carbocycles. The Labute approximate surface area is 140 Å². The maximum atomic E-state index is 12.4. The first-order chi connectivity index (χ1) is 11.4. The zero-order chi connectivity index (χ0) is 17.4. The molecule has 0 unspecified atom stereocenters. The van der Waals surface area contributed by atoms with Crippen molar-refractivity contribution in [3.63, 3.8) is 0 Å². The first-order valence-corrected chi connectivity index (χ1v) is 8.08. The highest BCUT2D eigenvalue weighted by Crippen LogP contribution is 2.29. The molecule has 24 heavy (non-hydrogen) atoms. The summed E-state index contributed by atoms with van der Waals surface area (Å²) < 4.78 is 1.58. The summed E-state index contributed by atoms with van der Waals surface area (Å²) in [4.78, 5) is 19.7. The number of nitrogens with one attached hydrogen (secondary N) is 1. The van der Waals surface area contributed by atoms with Crippen molar-refractivity contribution in [1.29, 1.82) is 0 Å². The van der Waals surface area contributed by atoms with Gasteiger partial charge in [-0.25, -0.2) is 4.98 Å². The molecule has 2 atom stereocenters. The lowest BCUT2D eigenvalue weighted by atomic mass is 9.96. The molecule has 3 rings (SSSR count). The van der Waals surface area contributed by atoms with E-state index in [1.807, 2.05) is 13.8 Å². The highest BCUT2D eigenvalue weighted by atomic mass is 16.3. The zero-order valence-corrected chi connectivity index (χ0v) is 14.4. The molecule has 0 aliphatic rings. The Morgan fingerprint density at radius 1 is 1.21 bits per heavy atom. The van der Waals surface area contributed by atoms with E-state index >= 15 is 0 Å². The molecule has 2 heterocycles. The van der Waals surface area contributed by atoms with Gasteiger partial charge in [-0.2, -0.15) is 5.10 Å². The van der Waals surface area contributed by atoms with E-state index in [0.29, 0.717) is 16.9 Å². The summed E-state index contributed by atoms with van der Waals surface area (Å²) in [5, 5.41) is 14.1. The van der Waals surface area contributed by atoms with Gasteiger partial charge < -0.3 is 10.1 Å². The molecule has 3 aromatic rings. The second-order valence-corrected chi connectivity index (χ2v) is 6.34. The van der Waals surface area contributed by atoms with Crippen molar-refractivity contribution in [2.24, 2.45) is 0 Å². The fourth-order valence-electron chi connectivity index (χ4n) is 2.89. The van der Waals surface area contributed by atoms with Crippen LogP contribution in [0.5, 0.6) is 0 Å². The number of hydrogen-bond donors (Lipinski definition) is 2. The van der Waals surface area contributed by atoms with Crippen LogP contribution in [0.2, 0.25) is 0 Å². The first-order valence-electron chi connectivity index (χ1n) is 8.08. The van der Waals surface area contributed by atoms with Gasteiger partial charge in [-0.05, 0) is 26.3 Å². The number of rotatable bonds is 4. The van der Waals surface area contributed by atoms with Gasteiger partial charge in [0.15, 0.2) is 5.52 Å². The Kier molecular flexibility index (Phi) is 4.24. The van der Waals surface area contributed by atoms with Crippen LogP contribution in [0.25, 0.3) is 11.0 Å². The van der Waals surface area contributed by atoms with Crippen LogP contribution in [0.1, 0.15) is 48.5 Å². The molecular weight excluding hydrogens is 304 g/mol. The predicted molar refractivity (Wildman–Crippen MR) is 93.4 cm³/mol. The maximum absolute atomic E-state index is 12.4. The average molecular weight is 326 g/mol. The van der Waals surface area contributed by atoms with Crippen molar-refractivity contribution in [1.82, 2.24) is 19.7 Å². The van der Waals surface area contributed by atoms with Crippen molar-refractivity contribution in [3.05, 3.63) is 57.3 Å². The van der Waals surface area contributed by atoms with Crippen molar-refractivity contribution in [2.45, 2.75) is 39.7 Å². The number of aromatic amines is 1. The van der Waals surface area contributed by atoms with Crippen LogP contribution in [-0.2, 0) is 0 Å². The van der Waals surface area contributed by atoms with Gasteiger partial charge in [-0.3, -0.25) is 9.48 Å². The van der Waals surface area contributed by atoms with E-state index in [1.165, 1.54) is 5.56 Å². The van der Waals surface area contributed by atoms with Crippen LogP contribution >= 0.6 is 0 Å². The van der Waals surface area contributed by atoms with Crippen LogP contribution in [0, 0.1) is 13.8 Å². The van der Waals surface area contributed by atoms with E-state index in [4.69, 9.17) is 0 Å². The smallest absolute Gasteiger partial charge is 0.277 e. The number of nitrogens with zero attached hydrogens (tertiary/aromatic N) is 3. The number of H-pyrrole nitrogens is 1. The van der Waals surface area contributed by atoms with Gasteiger partial charge in [0.1, 0.15) is 11.3 Å². The van der Waals surface area contributed by atoms with Gasteiger partial charge in [0.05, 0.1) is 18.3 Å². The monoisotopic (exact) mass is 326 g/mol. The number of fused-ring (bicyclic) bond motifs is 1. The SMILES string of the molecule is Cc1ccc([C@H](C)c2nn([C@H](C)CO)c3c(=O)[nH]c(C)nc23)cc1. The third kappa shape index (κ3) is 2.73. The molecule has 6 heteroatoms. The molecule has 0 saturated carbocycles. The molecule has 1 aromatic carbocycles. The van der Waals surface area contributed by atoms with Gasteiger partial charge in [0.2, 0.25) is 0 Å². The zero-order valence-electron chi connectivity index (χ0n) is 14.4. The largest absolute Gasteiger partial charge is 0.394 e. The molecule has 126 valence electrons. The Morgan fingerprint density at radius 3 is 2.50 bits per heavy atom. The fraction of sp³-hybridized carbons (Fsp3) is 0.389.